The lowest BCUT2D eigenvalue weighted by molar-refractivity contribution is -0.117. The highest BCUT2D eigenvalue weighted by Gasteiger charge is 2.31. The molecular formula is C7H9ClN4OS. The van der Waals surface area contributed by atoms with Crippen LogP contribution >= 0.6 is 22.9 Å². The Morgan fingerprint density at radius 2 is 2.43 bits per heavy atom. The van der Waals surface area contributed by atoms with Crippen molar-refractivity contribution in [3.63, 3.8) is 0 Å². The highest BCUT2D eigenvalue weighted by atomic mass is 35.5. The highest BCUT2D eigenvalue weighted by molar-refractivity contribution is 7.19. The smallest absolute Gasteiger partial charge is 0.229 e. The molecule has 1 atom stereocenters. The zero-order valence-electron chi connectivity index (χ0n) is 7.31. The fraction of sp³-hybridized carbons (Fsp3) is 0.571. The zero-order valence-corrected chi connectivity index (χ0v) is 8.88. The first-order valence-corrected chi connectivity index (χ1v) is 5.39. The van der Waals surface area contributed by atoms with Gasteiger partial charge in [-0.2, -0.15) is 0 Å². The summed E-state index contributed by atoms with van der Waals surface area (Å²) < 4.78 is 0.351. The number of aromatic nitrogens is 2. The second-order valence-corrected chi connectivity index (χ2v) is 4.69. The maximum absolute atomic E-state index is 11.5. The third kappa shape index (κ3) is 1.73. The van der Waals surface area contributed by atoms with Gasteiger partial charge in [0.25, 0.3) is 0 Å². The maximum Gasteiger partial charge on any atom is 0.229 e. The number of anilines is 1. The first-order valence-electron chi connectivity index (χ1n) is 4.20. The Morgan fingerprint density at radius 3 is 2.93 bits per heavy atom. The number of hydrogen-bond donors (Lipinski definition) is 1. The minimum atomic E-state index is 0.0493. The van der Waals surface area contributed by atoms with Gasteiger partial charge in [0, 0.05) is 13.0 Å². The van der Waals surface area contributed by atoms with Gasteiger partial charge in [-0.05, 0) is 24.1 Å². The van der Waals surface area contributed by atoms with Crippen LogP contribution < -0.4 is 10.6 Å². The molecule has 1 aromatic rings. The Labute approximate surface area is 89.9 Å². The molecule has 7 heteroatoms. The molecule has 1 amide bonds. The van der Waals surface area contributed by atoms with E-state index in [4.69, 9.17) is 17.3 Å². The fourth-order valence-electron chi connectivity index (χ4n) is 1.43. The van der Waals surface area contributed by atoms with Gasteiger partial charge in [-0.1, -0.05) is 11.3 Å². The van der Waals surface area contributed by atoms with E-state index in [9.17, 15) is 4.79 Å². The molecule has 1 saturated heterocycles. The van der Waals surface area contributed by atoms with E-state index in [2.05, 4.69) is 10.2 Å². The average Bonchev–Trinajstić information content (AvgIpc) is 2.71. The average molecular weight is 233 g/mol. The molecule has 76 valence electrons. The van der Waals surface area contributed by atoms with Crippen LogP contribution in [0.25, 0.3) is 0 Å². The van der Waals surface area contributed by atoms with Gasteiger partial charge in [0.15, 0.2) is 0 Å². The summed E-state index contributed by atoms with van der Waals surface area (Å²) in [7, 11) is 0. The van der Waals surface area contributed by atoms with Crippen LogP contribution in [0, 0.1) is 5.92 Å². The molecule has 0 spiro atoms. The summed E-state index contributed by atoms with van der Waals surface area (Å²) in [6.07, 6.45) is 0.494. The number of amides is 1. The van der Waals surface area contributed by atoms with Crippen LogP contribution in [0.1, 0.15) is 6.42 Å². The van der Waals surface area contributed by atoms with Gasteiger partial charge in [-0.3, -0.25) is 9.69 Å². The zero-order chi connectivity index (χ0) is 10.1. The van der Waals surface area contributed by atoms with Crippen LogP contribution in [0.15, 0.2) is 0 Å². The molecule has 1 aliphatic rings. The van der Waals surface area contributed by atoms with Crippen molar-refractivity contribution in [3.8, 4) is 0 Å². The second-order valence-electron chi connectivity index (χ2n) is 3.15. The Hall–Kier alpha value is -0.720. The third-order valence-electron chi connectivity index (χ3n) is 2.16. The van der Waals surface area contributed by atoms with E-state index in [1.807, 2.05) is 0 Å². The summed E-state index contributed by atoms with van der Waals surface area (Å²) in [5.41, 5.74) is 5.50. The monoisotopic (exact) mass is 232 g/mol. The van der Waals surface area contributed by atoms with Gasteiger partial charge in [0.05, 0.1) is 0 Å². The van der Waals surface area contributed by atoms with Crippen LogP contribution in [0.4, 0.5) is 5.13 Å². The summed E-state index contributed by atoms with van der Waals surface area (Å²) in [6.45, 7) is 1.15. The molecule has 0 bridgehead atoms. The minimum absolute atomic E-state index is 0.0493. The predicted molar refractivity (Wildman–Crippen MR) is 54.4 cm³/mol. The Balaban J connectivity index is 2.16. The van der Waals surface area contributed by atoms with Crippen molar-refractivity contribution < 1.29 is 4.79 Å². The van der Waals surface area contributed by atoms with E-state index < -0.39 is 0 Å². The molecule has 1 fully saturated rings. The highest BCUT2D eigenvalue weighted by Crippen LogP contribution is 2.28. The number of carbonyl (C=O) groups excluding carboxylic acids is 1. The normalized spacial score (nSPS) is 22.0. The molecule has 0 aromatic carbocycles. The Kier molecular flexibility index (Phi) is 2.66. The summed E-state index contributed by atoms with van der Waals surface area (Å²) in [4.78, 5) is 13.1. The van der Waals surface area contributed by atoms with Crippen molar-refractivity contribution in [2.24, 2.45) is 11.7 Å². The molecule has 1 unspecified atom stereocenters. The van der Waals surface area contributed by atoms with Gasteiger partial charge in [0.1, 0.15) is 0 Å². The van der Waals surface area contributed by atoms with E-state index in [-0.39, 0.29) is 11.8 Å². The van der Waals surface area contributed by atoms with E-state index in [0.717, 1.165) is 0 Å². The third-order valence-corrected chi connectivity index (χ3v) is 3.20. The van der Waals surface area contributed by atoms with E-state index in [1.54, 1.807) is 4.90 Å². The van der Waals surface area contributed by atoms with Crippen molar-refractivity contribution in [3.05, 3.63) is 4.47 Å². The second kappa shape index (κ2) is 3.80. The van der Waals surface area contributed by atoms with Crippen LogP contribution in [-0.4, -0.2) is 29.2 Å². The first-order chi connectivity index (χ1) is 6.70. The van der Waals surface area contributed by atoms with Crippen molar-refractivity contribution in [1.82, 2.24) is 10.2 Å². The van der Waals surface area contributed by atoms with Crippen LogP contribution in [0.2, 0.25) is 4.47 Å². The number of hydrogen-bond acceptors (Lipinski definition) is 5. The topological polar surface area (TPSA) is 72.1 Å². The lowest BCUT2D eigenvalue weighted by atomic mass is 10.1. The van der Waals surface area contributed by atoms with Crippen LogP contribution in [0.3, 0.4) is 0 Å². The quantitative estimate of drug-likeness (QED) is 0.806. The molecular weight excluding hydrogens is 224 g/mol. The first kappa shape index (κ1) is 9.82. The minimum Gasteiger partial charge on any atom is -0.330 e. The van der Waals surface area contributed by atoms with Gasteiger partial charge in [-0.15, -0.1) is 10.2 Å². The number of nitrogens with two attached hydrogens (primary N) is 1. The molecule has 14 heavy (non-hydrogen) atoms. The van der Waals surface area contributed by atoms with Crippen molar-refractivity contribution in [2.45, 2.75) is 6.42 Å². The summed E-state index contributed by atoms with van der Waals surface area (Å²) >= 11 is 6.85. The van der Waals surface area contributed by atoms with Crippen molar-refractivity contribution in [2.75, 3.05) is 18.0 Å². The van der Waals surface area contributed by atoms with Gasteiger partial charge in [-0.25, -0.2) is 0 Å². The van der Waals surface area contributed by atoms with E-state index in [0.29, 0.717) is 29.1 Å². The lowest BCUT2D eigenvalue weighted by Crippen LogP contribution is -2.25. The van der Waals surface area contributed by atoms with Crippen molar-refractivity contribution >= 4 is 34.0 Å². The number of nitrogens with zero attached hydrogens (tertiary/aromatic N) is 3. The molecule has 1 aromatic heterocycles. The number of rotatable bonds is 2. The molecule has 0 saturated carbocycles. The summed E-state index contributed by atoms with van der Waals surface area (Å²) in [6, 6.07) is 0. The number of carbonyl (C=O) groups is 1. The standard InChI is InChI=1S/C7H9ClN4OS/c8-6-10-11-7(14-6)12-3-4(2-9)1-5(12)13/h4H,1-3,9H2. The molecule has 2 N–H and O–H groups in total. The molecule has 0 aliphatic carbocycles. The number of halogens is 1. The Bertz CT molecular complexity index is 355. The van der Waals surface area contributed by atoms with Crippen LogP contribution in [0.5, 0.6) is 0 Å². The van der Waals surface area contributed by atoms with Gasteiger partial charge >= 0.3 is 0 Å². The Morgan fingerprint density at radius 1 is 1.64 bits per heavy atom. The summed E-state index contributed by atoms with van der Waals surface area (Å²) in [5, 5.41) is 8.04. The van der Waals surface area contributed by atoms with E-state index in [1.165, 1.54) is 11.3 Å². The fourth-order valence-corrected chi connectivity index (χ4v) is 2.28. The SMILES string of the molecule is NCC1CC(=O)N(c2nnc(Cl)s2)C1. The lowest BCUT2D eigenvalue weighted by Gasteiger charge is -2.10. The van der Waals surface area contributed by atoms with Crippen molar-refractivity contribution in [1.29, 1.82) is 0 Å². The van der Waals surface area contributed by atoms with E-state index >= 15 is 0 Å². The maximum atomic E-state index is 11.5. The molecule has 2 rings (SSSR count). The largest absolute Gasteiger partial charge is 0.330 e. The molecule has 2 heterocycles. The predicted octanol–water partition coefficient (Wildman–Crippen LogP) is 0.503. The molecule has 5 nitrogen and oxygen atoms in total. The molecule has 0 radical (unpaired) electrons. The van der Waals surface area contributed by atoms with Gasteiger partial charge < -0.3 is 5.73 Å². The summed E-state index contributed by atoms with van der Waals surface area (Å²) in [5.74, 6) is 0.276. The molecule has 1 aliphatic heterocycles. The van der Waals surface area contributed by atoms with Crippen LogP contribution in [-0.2, 0) is 4.79 Å². The van der Waals surface area contributed by atoms with Gasteiger partial charge in [0.2, 0.25) is 15.5 Å².